The number of benzene rings is 1. The molecule has 5 nitrogen and oxygen atoms in total. The summed E-state index contributed by atoms with van der Waals surface area (Å²) in [5, 5.41) is 0.596. The molecule has 2 fully saturated rings. The molecule has 3 aliphatic rings. The number of carbonyl (C=O) groups excluding carboxylic acids is 2. The molecule has 0 aliphatic carbocycles. The Morgan fingerprint density at radius 1 is 1.44 bits per heavy atom. The van der Waals surface area contributed by atoms with E-state index in [1.807, 2.05) is 12.2 Å². The van der Waals surface area contributed by atoms with Crippen molar-refractivity contribution < 1.29 is 19.1 Å². The zero-order valence-corrected chi connectivity index (χ0v) is 14.5. The Bertz CT molecular complexity index is 774. The Morgan fingerprint density at radius 3 is 2.80 bits per heavy atom. The summed E-state index contributed by atoms with van der Waals surface area (Å²) in [6.07, 6.45) is 5.71. The van der Waals surface area contributed by atoms with Crippen LogP contribution >= 0.6 is 11.6 Å². The second-order valence-electron chi connectivity index (χ2n) is 6.55. The normalized spacial score (nSPS) is 35.1. The Kier molecular flexibility index (Phi) is 3.74. The van der Waals surface area contributed by atoms with Gasteiger partial charge in [0.15, 0.2) is 0 Å². The topological polar surface area (TPSA) is 55.8 Å². The van der Waals surface area contributed by atoms with Gasteiger partial charge in [0, 0.05) is 10.7 Å². The van der Waals surface area contributed by atoms with E-state index in [1.54, 1.807) is 35.2 Å². The van der Waals surface area contributed by atoms with Crippen LogP contribution < -0.4 is 4.90 Å². The van der Waals surface area contributed by atoms with Crippen LogP contribution in [0.1, 0.15) is 6.42 Å². The van der Waals surface area contributed by atoms with Crippen molar-refractivity contribution in [2.24, 2.45) is 11.8 Å². The number of amides is 1. The summed E-state index contributed by atoms with van der Waals surface area (Å²) < 4.78 is 11.1. The minimum atomic E-state index is -0.825. The summed E-state index contributed by atoms with van der Waals surface area (Å²) in [6, 6.07) is 6.83. The number of esters is 1. The maximum absolute atomic E-state index is 13.3. The van der Waals surface area contributed by atoms with Gasteiger partial charge in [-0.05, 0) is 30.7 Å². The fourth-order valence-electron chi connectivity index (χ4n) is 4.41. The van der Waals surface area contributed by atoms with Gasteiger partial charge in [-0.1, -0.05) is 29.8 Å². The molecule has 25 heavy (non-hydrogen) atoms. The smallest absolute Gasteiger partial charge is 0.312 e. The van der Waals surface area contributed by atoms with Crippen molar-refractivity contribution in [2.75, 3.05) is 12.0 Å². The maximum Gasteiger partial charge on any atom is 0.312 e. The molecule has 0 unspecified atom stereocenters. The highest BCUT2D eigenvalue weighted by Crippen LogP contribution is 2.56. The van der Waals surface area contributed by atoms with Crippen molar-refractivity contribution in [3.05, 3.63) is 54.1 Å². The molecule has 0 aromatic heterocycles. The fourth-order valence-corrected chi connectivity index (χ4v) is 4.54. The molecule has 3 aliphatic heterocycles. The monoisotopic (exact) mass is 359 g/mol. The standard InChI is InChI=1S/C19H18ClNO4/c1-3-4-14-19-10-9-13(25-19)15(18(23)24-2)16(19)17(22)21(14)12-7-5-11(20)6-8-12/h3,5-10,13-16H,1,4H2,2H3/t13-,14+,15-,16-,19-/m1/s1. The van der Waals surface area contributed by atoms with Crippen molar-refractivity contribution in [1.29, 1.82) is 0 Å². The molecule has 130 valence electrons. The van der Waals surface area contributed by atoms with Gasteiger partial charge in [-0.25, -0.2) is 0 Å². The van der Waals surface area contributed by atoms with Crippen LogP contribution in [0, 0.1) is 11.8 Å². The average Bonchev–Trinajstić information content (AvgIpc) is 3.25. The summed E-state index contributed by atoms with van der Waals surface area (Å²) >= 11 is 5.98. The lowest BCUT2D eigenvalue weighted by Gasteiger charge is -2.32. The number of hydrogen-bond acceptors (Lipinski definition) is 4. The zero-order valence-electron chi connectivity index (χ0n) is 13.7. The van der Waals surface area contributed by atoms with Gasteiger partial charge < -0.3 is 14.4 Å². The number of rotatable bonds is 4. The molecule has 2 saturated heterocycles. The van der Waals surface area contributed by atoms with Crippen LogP contribution in [-0.2, 0) is 19.1 Å². The van der Waals surface area contributed by atoms with E-state index in [-0.39, 0.29) is 11.9 Å². The van der Waals surface area contributed by atoms with Gasteiger partial charge in [-0.3, -0.25) is 9.59 Å². The van der Waals surface area contributed by atoms with Gasteiger partial charge in [0.25, 0.3) is 0 Å². The number of ether oxygens (including phenoxy) is 2. The Morgan fingerprint density at radius 2 is 2.16 bits per heavy atom. The van der Waals surface area contributed by atoms with Crippen LogP contribution in [0.25, 0.3) is 0 Å². The second-order valence-corrected chi connectivity index (χ2v) is 6.98. The molecule has 1 aromatic rings. The summed E-state index contributed by atoms with van der Waals surface area (Å²) in [4.78, 5) is 27.3. The lowest BCUT2D eigenvalue weighted by molar-refractivity contribution is -0.149. The minimum Gasteiger partial charge on any atom is -0.469 e. The number of hydrogen-bond donors (Lipinski definition) is 0. The first-order valence-corrected chi connectivity index (χ1v) is 8.56. The first-order valence-electron chi connectivity index (χ1n) is 8.18. The molecule has 1 aromatic carbocycles. The van der Waals surface area contributed by atoms with Crippen molar-refractivity contribution in [2.45, 2.75) is 24.2 Å². The highest BCUT2D eigenvalue weighted by Gasteiger charge is 2.71. The highest BCUT2D eigenvalue weighted by molar-refractivity contribution is 6.30. The van der Waals surface area contributed by atoms with E-state index in [0.29, 0.717) is 11.4 Å². The number of halogens is 1. The van der Waals surface area contributed by atoms with Crippen molar-refractivity contribution in [3.63, 3.8) is 0 Å². The number of anilines is 1. The number of methoxy groups -OCH3 is 1. The summed E-state index contributed by atoms with van der Waals surface area (Å²) in [5.41, 5.74) is -0.0943. The SMILES string of the molecule is C=CC[C@@H]1N(c2ccc(Cl)cc2)C(=O)[C@H]2[C@H](C(=O)OC)[C@H]3C=C[C@@]12O3. The zero-order chi connectivity index (χ0) is 17.8. The van der Waals surface area contributed by atoms with Crippen LogP contribution in [0.3, 0.4) is 0 Å². The molecule has 4 rings (SSSR count). The van der Waals surface area contributed by atoms with Crippen LogP contribution in [0.15, 0.2) is 49.1 Å². The van der Waals surface area contributed by atoms with Gasteiger partial charge in [-0.15, -0.1) is 6.58 Å². The Hall–Kier alpha value is -2.11. The van der Waals surface area contributed by atoms with Gasteiger partial charge in [0.05, 0.1) is 25.2 Å². The van der Waals surface area contributed by atoms with Gasteiger partial charge >= 0.3 is 5.97 Å². The predicted molar refractivity (Wildman–Crippen MR) is 93.3 cm³/mol. The first-order chi connectivity index (χ1) is 12.0. The fraction of sp³-hybridized carbons (Fsp3) is 0.368. The van der Waals surface area contributed by atoms with E-state index in [2.05, 4.69) is 6.58 Å². The van der Waals surface area contributed by atoms with Crippen molar-refractivity contribution in [1.82, 2.24) is 0 Å². The predicted octanol–water partition coefficient (Wildman–Crippen LogP) is 2.74. The largest absolute Gasteiger partial charge is 0.469 e. The van der Waals surface area contributed by atoms with E-state index in [1.165, 1.54) is 7.11 Å². The lowest BCUT2D eigenvalue weighted by atomic mass is 9.74. The Labute approximate surface area is 150 Å². The highest BCUT2D eigenvalue weighted by atomic mass is 35.5. The molecule has 1 amide bonds. The first kappa shape index (κ1) is 16.4. The average molecular weight is 360 g/mol. The third-order valence-electron chi connectivity index (χ3n) is 5.39. The van der Waals surface area contributed by atoms with E-state index in [4.69, 9.17) is 21.1 Å². The molecular weight excluding hydrogens is 342 g/mol. The van der Waals surface area contributed by atoms with Gasteiger partial charge in [0.2, 0.25) is 5.91 Å². The molecule has 1 spiro atoms. The van der Waals surface area contributed by atoms with Crippen molar-refractivity contribution in [3.8, 4) is 0 Å². The summed E-state index contributed by atoms with van der Waals surface area (Å²) in [7, 11) is 1.34. The third-order valence-corrected chi connectivity index (χ3v) is 5.64. The van der Waals surface area contributed by atoms with Gasteiger partial charge in [-0.2, -0.15) is 0 Å². The molecule has 2 bridgehead atoms. The molecule has 0 radical (unpaired) electrons. The minimum absolute atomic E-state index is 0.128. The Balaban J connectivity index is 1.81. The molecule has 0 N–H and O–H groups in total. The van der Waals surface area contributed by atoms with Crippen LogP contribution in [0.5, 0.6) is 0 Å². The van der Waals surface area contributed by atoms with Crippen LogP contribution in [0.2, 0.25) is 5.02 Å². The number of fused-ring (bicyclic) bond motifs is 1. The van der Waals surface area contributed by atoms with Gasteiger partial charge in [0.1, 0.15) is 11.5 Å². The molecule has 6 heteroatoms. The van der Waals surface area contributed by atoms with Crippen LogP contribution in [-0.4, -0.2) is 36.7 Å². The van der Waals surface area contributed by atoms with Crippen LogP contribution in [0.4, 0.5) is 5.69 Å². The molecule has 0 saturated carbocycles. The molecule has 5 atom stereocenters. The van der Waals surface area contributed by atoms with E-state index < -0.39 is 29.5 Å². The molecule has 3 heterocycles. The van der Waals surface area contributed by atoms with Crippen molar-refractivity contribution >= 4 is 29.2 Å². The second kappa shape index (κ2) is 5.71. The number of carbonyl (C=O) groups is 2. The maximum atomic E-state index is 13.3. The quantitative estimate of drug-likeness (QED) is 0.612. The summed E-state index contributed by atoms with van der Waals surface area (Å²) in [6.45, 7) is 3.82. The van der Waals surface area contributed by atoms with E-state index >= 15 is 0 Å². The van der Waals surface area contributed by atoms with E-state index in [0.717, 1.165) is 5.69 Å². The number of nitrogens with zero attached hydrogens (tertiary/aromatic N) is 1. The van der Waals surface area contributed by atoms with E-state index in [9.17, 15) is 9.59 Å². The lowest BCUT2D eigenvalue weighted by Crippen LogP contribution is -2.45. The summed E-state index contributed by atoms with van der Waals surface area (Å²) in [5.74, 6) is -1.75. The molecular formula is C19H18ClNO4. The third kappa shape index (κ3) is 2.12.